The first-order valence-electron chi connectivity index (χ1n) is 6.16. The van der Waals surface area contributed by atoms with E-state index in [4.69, 9.17) is 16.3 Å². The Bertz CT molecular complexity index is 766. The summed E-state index contributed by atoms with van der Waals surface area (Å²) >= 11 is 9.29. The van der Waals surface area contributed by atoms with Gasteiger partial charge < -0.3 is 4.74 Å². The molecule has 0 radical (unpaired) electrons. The molecule has 3 nitrogen and oxygen atoms in total. The number of ether oxygens (including phenoxy) is 1. The first-order valence-corrected chi connectivity index (χ1v) is 7.33. The molecule has 0 spiro atoms. The quantitative estimate of drug-likeness (QED) is 0.585. The Morgan fingerprint density at radius 1 is 1.14 bits per heavy atom. The van der Waals surface area contributed by atoms with Gasteiger partial charge in [-0.2, -0.15) is 0 Å². The molecule has 0 bridgehead atoms. The van der Waals surface area contributed by atoms with Crippen LogP contribution in [0, 0.1) is 0 Å². The molecule has 0 saturated carbocycles. The van der Waals surface area contributed by atoms with Crippen molar-refractivity contribution in [1.29, 1.82) is 0 Å². The Labute approximate surface area is 135 Å². The van der Waals surface area contributed by atoms with Gasteiger partial charge in [0, 0.05) is 15.1 Å². The summed E-state index contributed by atoms with van der Waals surface area (Å²) in [5.41, 5.74) is 1.82. The fourth-order valence-corrected chi connectivity index (χ4v) is 2.33. The molecule has 5 heteroatoms. The number of nitrogens with zero attached hydrogens (tertiary/aromatic N) is 1. The van der Waals surface area contributed by atoms with Crippen LogP contribution < -0.4 is 0 Å². The zero-order valence-electron chi connectivity index (χ0n) is 10.7. The van der Waals surface area contributed by atoms with Crippen LogP contribution in [0.3, 0.4) is 0 Å². The van der Waals surface area contributed by atoms with E-state index in [1.165, 1.54) is 0 Å². The Morgan fingerprint density at radius 3 is 2.62 bits per heavy atom. The highest BCUT2D eigenvalue weighted by atomic mass is 79.9. The Balaban J connectivity index is 1.93. The number of halogens is 2. The Morgan fingerprint density at radius 2 is 1.90 bits per heavy atom. The second kappa shape index (κ2) is 5.84. The van der Waals surface area contributed by atoms with Crippen LogP contribution in [0.25, 0.3) is 6.08 Å². The fourth-order valence-electron chi connectivity index (χ4n) is 1.87. The van der Waals surface area contributed by atoms with Crippen LogP contribution in [-0.4, -0.2) is 11.9 Å². The maximum atomic E-state index is 11.9. The number of carbonyl (C=O) groups is 1. The molecule has 21 heavy (non-hydrogen) atoms. The van der Waals surface area contributed by atoms with Gasteiger partial charge in [-0.05, 0) is 42.0 Å². The van der Waals surface area contributed by atoms with Crippen molar-refractivity contribution < 1.29 is 9.53 Å². The number of carbonyl (C=O) groups excluding carboxylic acids is 1. The summed E-state index contributed by atoms with van der Waals surface area (Å²) in [6, 6.07) is 14.6. The molecule has 0 N–H and O–H groups in total. The summed E-state index contributed by atoms with van der Waals surface area (Å²) in [5.74, 6) is -0.196. The van der Waals surface area contributed by atoms with E-state index < -0.39 is 5.97 Å². The van der Waals surface area contributed by atoms with Crippen molar-refractivity contribution in [2.24, 2.45) is 4.99 Å². The van der Waals surface area contributed by atoms with Gasteiger partial charge in [0.05, 0.1) is 0 Å². The fraction of sp³-hybridized carbons (Fsp3) is 0. The first-order chi connectivity index (χ1) is 10.1. The molecule has 104 valence electrons. The number of hydrogen-bond acceptors (Lipinski definition) is 3. The Kier molecular flexibility index (Phi) is 3.90. The van der Waals surface area contributed by atoms with Gasteiger partial charge in [-0.25, -0.2) is 9.79 Å². The summed E-state index contributed by atoms with van der Waals surface area (Å²) < 4.78 is 6.16. The molecular formula is C16H9BrClNO2. The summed E-state index contributed by atoms with van der Waals surface area (Å²) in [4.78, 5) is 16.1. The molecule has 2 aromatic carbocycles. The minimum atomic E-state index is -0.465. The van der Waals surface area contributed by atoms with E-state index in [0.717, 1.165) is 10.0 Å². The van der Waals surface area contributed by atoms with Crippen LogP contribution in [-0.2, 0) is 9.53 Å². The topological polar surface area (TPSA) is 38.7 Å². The van der Waals surface area contributed by atoms with Crippen LogP contribution in [0.15, 0.2) is 63.7 Å². The van der Waals surface area contributed by atoms with Gasteiger partial charge >= 0.3 is 5.97 Å². The number of rotatable bonds is 2. The van der Waals surface area contributed by atoms with E-state index in [1.807, 2.05) is 24.3 Å². The van der Waals surface area contributed by atoms with Crippen LogP contribution >= 0.6 is 27.5 Å². The molecule has 0 aromatic heterocycles. The van der Waals surface area contributed by atoms with E-state index in [2.05, 4.69) is 20.9 Å². The maximum absolute atomic E-state index is 11.9. The summed E-state index contributed by atoms with van der Waals surface area (Å²) in [5, 5.41) is 0.566. The van der Waals surface area contributed by atoms with Crippen LogP contribution in [0.1, 0.15) is 11.1 Å². The average molecular weight is 363 g/mol. The van der Waals surface area contributed by atoms with E-state index in [9.17, 15) is 4.79 Å². The standard InChI is InChI=1S/C16H9BrClNO2/c17-12-6-4-10(5-7-12)8-14-16(20)21-15(19-14)11-2-1-3-13(18)9-11/h1-9H/b14-8+. The van der Waals surface area contributed by atoms with Crippen molar-refractivity contribution in [2.45, 2.75) is 0 Å². The zero-order chi connectivity index (χ0) is 14.8. The smallest absolute Gasteiger partial charge is 0.363 e. The molecule has 1 aliphatic rings. The van der Waals surface area contributed by atoms with Gasteiger partial charge in [-0.15, -0.1) is 0 Å². The number of hydrogen-bond donors (Lipinski definition) is 0. The number of cyclic esters (lactones) is 1. The first kappa shape index (κ1) is 14.0. The molecule has 0 amide bonds. The van der Waals surface area contributed by atoms with Crippen molar-refractivity contribution in [2.75, 3.05) is 0 Å². The van der Waals surface area contributed by atoms with Gasteiger partial charge in [0.15, 0.2) is 5.70 Å². The summed E-state index contributed by atoms with van der Waals surface area (Å²) in [6.07, 6.45) is 1.69. The molecule has 0 saturated heterocycles. The molecule has 1 aliphatic heterocycles. The highest BCUT2D eigenvalue weighted by Crippen LogP contribution is 2.21. The van der Waals surface area contributed by atoms with E-state index >= 15 is 0 Å². The lowest BCUT2D eigenvalue weighted by molar-refractivity contribution is -0.129. The monoisotopic (exact) mass is 361 g/mol. The van der Waals surface area contributed by atoms with Crippen LogP contribution in [0.5, 0.6) is 0 Å². The molecular weight excluding hydrogens is 354 g/mol. The maximum Gasteiger partial charge on any atom is 0.363 e. The average Bonchev–Trinajstić information content (AvgIpc) is 2.83. The van der Waals surface area contributed by atoms with Crippen molar-refractivity contribution in [3.63, 3.8) is 0 Å². The highest BCUT2D eigenvalue weighted by molar-refractivity contribution is 9.10. The third-order valence-corrected chi connectivity index (χ3v) is 3.63. The van der Waals surface area contributed by atoms with Crippen LogP contribution in [0.2, 0.25) is 5.02 Å². The molecule has 0 unspecified atom stereocenters. The van der Waals surface area contributed by atoms with E-state index in [0.29, 0.717) is 10.6 Å². The number of esters is 1. The van der Waals surface area contributed by atoms with Crippen molar-refractivity contribution >= 4 is 45.5 Å². The SMILES string of the molecule is O=C1OC(c2cccc(Cl)c2)=N/C1=C/c1ccc(Br)cc1. The normalized spacial score (nSPS) is 16.0. The summed E-state index contributed by atoms with van der Waals surface area (Å²) in [6.45, 7) is 0. The molecule has 0 atom stereocenters. The van der Waals surface area contributed by atoms with E-state index in [1.54, 1.807) is 30.3 Å². The minimum absolute atomic E-state index is 0.269. The van der Waals surface area contributed by atoms with E-state index in [-0.39, 0.29) is 11.6 Å². The Hall–Kier alpha value is -1.91. The van der Waals surface area contributed by atoms with Gasteiger partial charge in [-0.1, -0.05) is 45.7 Å². The second-order valence-electron chi connectivity index (χ2n) is 4.40. The van der Waals surface area contributed by atoms with Crippen LogP contribution in [0.4, 0.5) is 0 Å². The minimum Gasteiger partial charge on any atom is -0.402 e. The second-order valence-corrected chi connectivity index (χ2v) is 5.75. The van der Waals surface area contributed by atoms with Gasteiger partial charge in [-0.3, -0.25) is 0 Å². The molecule has 0 fully saturated rings. The lowest BCUT2D eigenvalue weighted by atomic mass is 10.2. The molecule has 0 aliphatic carbocycles. The predicted octanol–water partition coefficient (Wildman–Crippen LogP) is 4.45. The molecule has 1 heterocycles. The number of aliphatic imine (C=N–C) groups is 1. The lowest BCUT2D eigenvalue weighted by Gasteiger charge is -1.98. The lowest BCUT2D eigenvalue weighted by Crippen LogP contribution is -2.05. The summed E-state index contributed by atoms with van der Waals surface area (Å²) in [7, 11) is 0. The highest BCUT2D eigenvalue weighted by Gasteiger charge is 2.24. The van der Waals surface area contributed by atoms with Crippen molar-refractivity contribution in [1.82, 2.24) is 0 Å². The van der Waals surface area contributed by atoms with Gasteiger partial charge in [0.2, 0.25) is 5.90 Å². The van der Waals surface area contributed by atoms with Crippen molar-refractivity contribution in [3.05, 3.63) is 74.9 Å². The largest absolute Gasteiger partial charge is 0.402 e. The predicted molar refractivity (Wildman–Crippen MR) is 86.2 cm³/mol. The molecule has 3 rings (SSSR count). The third-order valence-electron chi connectivity index (χ3n) is 2.87. The third kappa shape index (κ3) is 3.23. The van der Waals surface area contributed by atoms with Gasteiger partial charge in [0.25, 0.3) is 0 Å². The zero-order valence-corrected chi connectivity index (χ0v) is 13.1. The van der Waals surface area contributed by atoms with Gasteiger partial charge in [0.1, 0.15) is 0 Å². The molecule has 2 aromatic rings. The number of benzene rings is 2. The van der Waals surface area contributed by atoms with Crippen molar-refractivity contribution in [3.8, 4) is 0 Å².